The number of piperidine rings is 1. The highest BCUT2D eigenvalue weighted by Gasteiger charge is 2.32. The zero-order chi connectivity index (χ0) is 15.4. The first-order valence-electron chi connectivity index (χ1n) is 7.79. The van der Waals surface area contributed by atoms with Crippen LogP contribution in [0.15, 0.2) is 24.3 Å². The molecule has 0 spiro atoms. The molecule has 4 heteroatoms. The molecular weight excluding hydrogens is 264 g/mol. The van der Waals surface area contributed by atoms with Gasteiger partial charge < -0.3 is 15.0 Å². The molecule has 0 saturated carbocycles. The van der Waals surface area contributed by atoms with Crippen LogP contribution in [0.25, 0.3) is 0 Å². The standard InChI is InChI=1S/C17H26N2O2/c1-12-9-13(2)11-19(10-12)14(3)17(20)18-15-7-5-6-8-16(15)21-4/h5-8,12-14H,9-11H2,1-4H3,(H,18,20)/p+1/t12-,13+,14-/m0/s1. The van der Waals surface area contributed by atoms with Gasteiger partial charge in [-0.05, 0) is 25.5 Å². The number of quaternary nitrogens is 1. The van der Waals surface area contributed by atoms with E-state index in [1.54, 1.807) is 7.11 Å². The Morgan fingerprint density at radius 1 is 1.29 bits per heavy atom. The van der Waals surface area contributed by atoms with Crippen molar-refractivity contribution >= 4 is 11.6 Å². The summed E-state index contributed by atoms with van der Waals surface area (Å²) in [5.74, 6) is 2.14. The molecular formula is C17H27N2O2+. The lowest BCUT2D eigenvalue weighted by Crippen LogP contribution is -3.18. The number of carbonyl (C=O) groups is 1. The van der Waals surface area contributed by atoms with Crippen molar-refractivity contribution in [3.8, 4) is 5.75 Å². The first-order chi connectivity index (χ1) is 10.0. The van der Waals surface area contributed by atoms with Gasteiger partial charge in [0.25, 0.3) is 5.91 Å². The van der Waals surface area contributed by atoms with Crippen LogP contribution in [0.1, 0.15) is 27.2 Å². The van der Waals surface area contributed by atoms with Gasteiger partial charge in [-0.25, -0.2) is 0 Å². The van der Waals surface area contributed by atoms with Crippen molar-refractivity contribution in [2.45, 2.75) is 33.2 Å². The molecule has 2 N–H and O–H groups in total. The second kappa shape index (κ2) is 6.94. The Bertz CT molecular complexity index is 479. The second-order valence-electron chi connectivity index (χ2n) is 6.42. The maximum absolute atomic E-state index is 12.5. The SMILES string of the molecule is COc1ccccc1NC(=O)[C@H](C)[NH+]1C[C@H](C)C[C@H](C)C1. The van der Waals surface area contributed by atoms with Crippen LogP contribution in [0.5, 0.6) is 5.75 Å². The van der Waals surface area contributed by atoms with Crippen molar-refractivity contribution in [2.75, 3.05) is 25.5 Å². The van der Waals surface area contributed by atoms with Gasteiger partial charge in [0.1, 0.15) is 5.75 Å². The van der Waals surface area contributed by atoms with Gasteiger partial charge in [0.15, 0.2) is 6.04 Å². The molecule has 1 fully saturated rings. The Labute approximate surface area is 127 Å². The monoisotopic (exact) mass is 291 g/mol. The largest absolute Gasteiger partial charge is 0.495 e. The van der Waals surface area contributed by atoms with Gasteiger partial charge in [0.2, 0.25) is 0 Å². The Morgan fingerprint density at radius 2 is 1.90 bits per heavy atom. The molecule has 21 heavy (non-hydrogen) atoms. The van der Waals surface area contributed by atoms with E-state index in [1.807, 2.05) is 31.2 Å². The molecule has 0 aliphatic carbocycles. The molecule has 1 amide bonds. The molecule has 2 rings (SSSR count). The Hall–Kier alpha value is -1.55. The summed E-state index contributed by atoms with van der Waals surface area (Å²) in [5.41, 5.74) is 0.745. The average molecular weight is 291 g/mol. The number of para-hydroxylation sites is 2. The van der Waals surface area contributed by atoms with Gasteiger partial charge in [-0.1, -0.05) is 26.0 Å². The summed E-state index contributed by atoms with van der Waals surface area (Å²) < 4.78 is 5.28. The van der Waals surface area contributed by atoms with Crippen molar-refractivity contribution in [2.24, 2.45) is 11.8 Å². The highest BCUT2D eigenvalue weighted by atomic mass is 16.5. The lowest BCUT2D eigenvalue weighted by molar-refractivity contribution is -0.925. The number of ether oxygens (including phenoxy) is 1. The molecule has 4 nitrogen and oxygen atoms in total. The molecule has 1 aliphatic heterocycles. The van der Waals surface area contributed by atoms with Crippen LogP contribution in [0, 0.1) is 11.8 Å². The minimum atomic E-state index is -0.0416. The van der Waals surface area contributed by atoms with Crippen molar-refractivity contribution in [1.29, 1.82) is 0 Å². The van der Waals surface area contributed by atoms with Crippen LogP contribution in [-0.2, 0) is 4.79 Å². The summed E-state index contributed by atoms with van der Waals surface area (Å²) in [4.78, 5) is 13.9. The number of hydrogen-bond acceptors (Lipinski definition) is 2. The number of hydrogen-bond donors (Lipinski definition) is 2. The minimum Gasteiger partial charge on any atom is -0.495 e. The number of likely N-dealkylation sites (tertiary alicyclic amines) is 1. The fourth-order valence-electron chi connectivity index (χ4n) is 3.36. The molecule has 0 aromatic heterocycles. The number of benzene rings is 1. The van der Waals surface area contributed by atoms with Crippen LogP contribution >= 0.6 is 0 Å². The molecule has 1 aromatic rings. The van der Waals surface area contributed by atoms with E-state index in [0.29, 0.717) is 17.6 Å². The summed E-state index contributed by atoms with van der Waals surface area (Å²) in [6.07, 6.45) is 1.27. The van der Waals surface area contributed by atoms with Crippen molar-refractivity contribution in [3.63, 3.8) is 0 Å². The normalized spacial score (nSPS) is 27.0. The third kappa shape index (κ3) is 3.97. The van der Waals surface area contributed by atoms with E-state index >= 15 is 0 Å². The van der Waals surface area contributed by atoms with Gasteiger partial charge >= 0.3 is 0 Å². The third-order valence-electron chi connectivity index (χ3n) is 4.40. The first-order valence-corrected chi connectivity index (χ1v) is 7.79. The fourth-order valence-corrected chi connectivity index (χ4v) is 3.36. The zero-order valence-electron chi connectivity index (χ0n) is 13.5. The number of anilines is 1. The fraction of sp³-hybridized carbons (Fsp3) is 0.588. The average Bonchev–Trinajstić information content (AvgIpc) is 2.46. The van der Waals surface area contributed by atoms with Crippen molar-refractivity contribution in [1.82, 2.24) is 0 Å². The second-order valence-corrected chi connectivity index (χ2v) is 6.42. The minimum absolute atomic E-state index is 0.0416. The number of amides is 1. The van der Waals surface area contributed by atoms with Crippen LogP contribution in [0.3, 0.4) is 0 Å². The van der Waals surface area contributed by atoms with Gasteiger partial charge in [0.05, 0.1) is 25.9 Å². The molecule has 1 aliphatic rings. The van der Waals surface area contributed by atoms with E-state index in [4.69, 9.17) is 4.74 Å². The molecule has 1 heterocycles. The number of carbonyl (C=O) groups excluding carboxylic acids is 1. The summed E-state index contributed by atoms with van der Waals surface area (Å²) >= 11 is 0. The summed E-state index contributed by atoms with van der Waals surface area (Å²) in [7, 11) is 1.62. The molecule has 116 valence electrons. The summed E-state index contributed by atoms with van der Waals surface area (Å²) in [6.45, 7) is 8.72. The molecule has 1 unspecified atom stereocenters. The molecule has 1 aromatic carbocycles. The molecule has 0 bridgehead atoms. The summed E-state index contributed by atoms with van der Waals surface area (Å²) in [5, 5.41) is 3.00. The predicted octanol–water partition coefficient (Wildman–Crippen LogP) is 1.58. The first kappa shape index (κ1) is 15.8. The van der Waals surface area contributed by atoms with Crippen LogP contribution in [0.4, 0.5) is 5.69 Å². The van der Waals surface area contributed by atoms with Crippen LogP contribution in [-0.4, -0.2) is 32.1 Å². The van der Waals surface area contributed by atoms with E-state index < -0.39 is 0 Å². The van der Waals surface area contributed by atoms with E-state index in [1.165, 1.54) is 11.3 Å². The van der Waals surface area contributed by atoms with Crippen LogP contribution < -0.4 is 15.0 Å². The quantitative estimate of drug-likeness (QED) is 0.884. The van der Waals surface area contributed by atoms with Crippen molar-refractivity contribution in [3.05, 3.63) is 24.3 Å². The maximum atomic E-state index is 12.5. The lowest BCUT2D eigenvalue weighted by atomic mass is 9.91. The summed E-state index contributed by atoms with van der Waals surface area (Å²) in [6, 6.07) is 7.50. The van der Waals surface area contributed by atoms with Gasteiger partial charge in [-0.2, -0.15) is 0 Å². The third-order valence-corrected chi connectivity index (χ3v) is 4.40. The topological polar surface area (TPSA) is 42.8 Å². The maximum Gasteiger partial charge on any atom is 0.282 e. The van der Waals surface area contributed by atoms with Crippen LogP contribution in [0.2, 0.25) is 0 Å². The smallest absolute Gasteiger partial charge is 0.282 e. The number of rotatable bonds is 4. The zero-order valence-corrected chi connectivity index (χ0v) is 13.5. The predicted molar refractivity (Wildman–Crippen MR) is 84.7 cm³/mol. The van der Waals surface area contributed by atoms with Gasteiger partial charge in [0, 0.05) is 11.8 Å². The Balaban J connectivity index is 2.02. The Morgan fingerprint density at radius 3 is 2.52 bits per heavy atom. The number of nitrogens with one attached hydrogen (secondary N) is 2. The number of methoxy groups -OCH3 is 1. The van der Waals surface area contributed by atoms with E-state index in [0.717, 1.165) is 18.8 Å². The van der Waals surface area contributed by atoms with E-state index in [2.05, 4.69) is 19.2 Å². The highest BCUT2D eigenvalue weighted by Crippen LogP contribution is 2.23. The van der Waals surface area contributed by atoms with Crippen molar-refractivity contribution < 1.29 is 14.4 Å². The van der Waals surface area contributed by atoms with Gasteiger partial charge in [-0.3, -0.25) is 4.79 Å². The van der Waals surface area contributed by atoms with E-state index in [-0.39, 0.29) is 11.9 Å². The van der Waals surface area contributed by atoms with Gasteiger partial charge in [-0.15, -0.1) is 0 Å². The lowest BCUT2D eigenvalue weighted by Gasteiger charge is -2.35. The molecule has 0 radical (unpaired) electrons. The molecule has 4 atom stereocenters. The molecule has 1 saturated heterocycles. The highest BCUT2D eigenvalue weighted by molar-refractivity contribution is 5.94. The van der Waals surface area contributed by atoms with E-state index in [9.17, 15) is 4.79 Å². The Kier molecular flexibility index (Phi) is 5.23.